The zero-order chi connectivity index (χ0) is 20.3. The van der Waals surface area contributed by atoms with Gasteiger partial charge in [0.15, 0.2) is 6.61 Å². The highest BCUT2D eigenvalue weighted by molar-refractivity contribution is 7.16. The number of rotatable bonds is 5. The second-order valence-corrected chi connectivity index (χ2v) is 7.78. The number of anilines is 1. The number of carbonyl (C=O) groups is 2. The van der Waals surface area contributed by atoms with Gasteiger partial charge in [0, 0.05) is 10.9 Å². The Morgan fingerprint density at radius 2 is 2.21 bits per heavy atom. The van der Waals surface area contributed by atoms with Gasteiger partial charge in [0.25, 0.3) is 5.91 Å². The monoisotopic (exact) mass is 400 g/mol. The third-order valence-electron chi connectivity index (χ3n) is 4.64. The molecule has 8 heteroatoms. The molecular formula is C20H20N2O5S. The predicted molar refractivity (Wildman–Crippen MR) is 104 cm³/mol. The first kappa shape index (κ1) is 19.7. The maximum Gasteiger partial charge on any atom is 0.342 e. The number of hydrogen-bond acceptors (Lipinski definition) is 7. The van der Waals surface area contributed by atoms with Crippen LogP contribution in [0, 0.1) is 17.2 Å². The van der Waals surface area contributed by atoms with Crippen LogP contribution in [0.25, 0.3) is 0 Å². The van der Waals surface area contributed by atoms with Crippen LogP contribution in [0.3, 0.4) is 0 Å². The predicted octanol–water partition coefficient (Wildman–Crippen LogP) is 3.25. The zero-order valence-electron chi connectivity index (χ0n) is 15.6. The molecule has 0 aliphatic heterocycles. The lowest BCUT2D eigenvalue weighted by molar-refractivity contribution is -0.119. The minimum Gasteiger partial charge on any atom is -0.507 e. The number of benzene rings is 1. The molecule has 0 spiro atoms. The van der Waals surface area contributed by atoms with Gasteiger partial charge in [0.05, 0.1) is 12.7 Å². The third kappa shape index (κ3) is 4.10. The van der Waals surface area contributed by atoms with Gasteiger partial charge in [0.2, 0.25) is 0 Å². The fraction of sp³-hybridized carbons (Fsp3) is 0.350. The zero-order valence-corrected chi connectivity index (χ0v) is 16.4. The SMILES string of the molecule is COc1ccc(C(=O)OCC(=O)Nc2sc3c(c2C#N)CC[C@@H](C)C3)c(O)c1. The summed E-state index contributed by atoms with van der Waals surface area (Å²) >= 11 is 1.41. The molecule has 1 atom stereocenters. The minimum absolute atomic E-state index is 0.0631. The molecule has 1 aromatic heterocycles. The number of amides is 1. The van der Waals surface area contributed by atoms with Crippen LogP contribution < -0.4 is 10.1 Å². The first-order chi connectivity index (χ1) is 13.4. The first-order valence-corrected chi connectivity index (χ1v) is 9.63. The molecule has 1 aromatic carbocycles. The van der Waals surface area contributed by atoms with Gasteiger partial charge < -0.3 is 19.9 Å². The number of methoxy groups -OCH3 is 1. The summed E-state index contributed by atoms with van der Waals surface area (Å²) in [4.78, 5) is 25.4. The summed E-state index contributed by atoms with van der Waals surface area (Å²) in [6.07, 6.45) is 2.75. The van der Waals surface area contributed by atoms with E-state index >= 15 is 0 Å². The molecule has 0 saturated carbocycles. The van der Waals surface area contributed by atoms with Crippen molar-refractivity contribution in [2.75, 3.05) is 19.0 Å². The third-order valence-corrected chi connectivity index (χ3v) is 5.81. The topological polar surface area (TPSA) is 109 Å². The van der Waals surface area contributed by atoms with Crippen LogP contribution >= 0.6 is 11.3 Å². The van der Waals surface area contributed by atoms with Crippen molar-refractivity contribution >= 4 is 28.2 Å². The number of carbonyl (C=O) groups excluding carboxylic acids is 2. The van der Waals surface area contributed by atoms with Gasteiger partial charge in [0.1, 0.15) is 28.1 Å². The van der Waals surface area contributed by atoms with E-state index in [0.717, 1.165) is 29.7 Å². The second kappa shape index (κ2) is 8.31. The Hall–Kier alpha value is -3.05. The Kier molecular flexibility index (Phi) is 5.85. The molecule has 3 rings (SSSR count). The molecule has 2 aromatic rings. The van der Waals surface area contributed by atoms with Crippen LogP contribution in [-0.4, -0.2) is 30.7 Å². The van der Waals surface area contributed by atoms with Gasteiger partial charge in [-0.1, -0.05) is 6.92 Å². The standard InChI is InChI=1S/C20H20N2O5S/c1-11-3-5-13-15(9-21)19(28-17(13)7-11)22-18(24)10-27-20(25)14-6-4-12(26-2)8-16(14)23/h4,6,8,11,23H,3,5,7,10H2,1-2H3,(H,22,24)/t11-/m1/s1. The summed E-state index contributed by atoms with van der Waals surface area (Å²) < 4.78 is 9.93. The number of phenolic OH excluding ortho intramolecular Hbond substituents is 1. The number of fused-ring (bicyclic) bond motifs is 1. The van der Waals surface area contributed by atoms with Gasteiger partial charge >= 0.3 is 5.97 Å². The van der Waals surface area contributed by atoms with Crippen molar-refractivity contribution in [3.8, 4) is 17.6 Å². The number of ether oxygens (including phenoxy) is 2. The highest BCUT2D eigenvalue weighted by Gasteiger charge is 2.25. The maximum absolute atomic E-state index is 12.2. The number of hydrogen-bond donors (Lipinski definition) is 2. The van der Waals surface area contributed by atoms with Crippen LogP contribution in [0.5, 0.6) is 11.5 Å². The van der Waals surface area contributed by atoms with Crippen LogP contribution in [-0.2, 0) is 22.4 Å². The van der Waals surface area contributed by atoms with Crippen molar-refractivity contribution in [2.24, 2.45) is 5.92 Å². The van der Waals surface area contributed by atoms with Crippen LogP contribution in [0.4, 0.5) is 5.00 Å². The van der Waals surface area contributed by atoms with Crippen molar-refractivity contribution in [3.63, 3.8) is 0 Å². The molecular weight excluding hydrogens is 380 g/mol. The van der Waals surface area contributed by atoms with E-state index in [1.165, 1.54) is 36.6 Å². The molecule has 0 bridgehead atoms. The highest BCUT2D eigenvalue weighted by Crippen LogP contribution is 2.39. The second-order valence-electron chi connectivity index (χ2n) is 6.68. The molecule has 0 fully saturated rings. The van der Waals surface area contributed by atoms with Gasteiger partial charge in [-0.05, 0) is 42.9 Å². The minimum atomic E-state index is -0.824. The number of thiophene rings is 1. The summed E-state index contributed by atoms with van der Waals surface area (Å²) in [6, 6.07) is 6.33. The highest BCUT2D eigenvalue weighted by atomic mass is 32.1. The maximum atomic E-state index is 12.2. The molecule has 7 nitrogen and oxygen atoms in total. The van der Waals surface area contributed by atoms with Gasteiger partial charge in [-0.2, -0.15) is 5.26 Å². The lowest BCUT2D eigenvalue weighted by atomic mass is 9.89. The summed E-state index contributed by atoms with van der Waals surface area (Å²) in [5.41, 5.74) is 1.45. The molecule has 1 heterocycles. The Bertz CT molecular complexity index is 960. The van der Waals surface area contributed by atoms with Crippen molar-refractivity contribution in [3.05, 3.63) is 39.8 Å². The van der Waals surface area contributed by atoms with E-state index in [0.29, 0.717) is 22.2 Å². The molecule has 0 saturated heterocycles. The Morgan fingerprint density at radius 3 is 2.89 bits per heavy atom. The fourth-order valence-electron chi connectivity index (χ4n) is 3.14. The molecule has 1 amide bonds. The molecule has 28 heavy (non-hydrogen) atoms. The van der Waals surface area contributed by atoms with Crippen LogP contribution in [0.1, 0.15) is 39.7 Å². The quantitative estimate of drug-likeness (QED) is 0.746. The van der Waals surface area contributed by atoms with E-state index in [1.807, 2.05) is 0 Å². The largest absolute Gasteiger partial charge is 0.507 e. The Morgan fingerprint density at radius 1 is 1.43 bits per heavy atom. The Labute approximate surface area is 166 Å². The summed E-state index contributed by atoms with van der Waals surface area (Å²) in [5, 5.41) is 22.5. The number of phenols is 1. The molecule has 0 unspecified atom stereocenters. The molecule has 1 aliphatic rings. The average molecular weight is 400 g/mol. The lowest BCUT2D eigenvalue weighted by Crippen LogP contribution is -2.21. The van der Waals surface area contributed by atoms with Crippen molar-refractivity contribution < 1.29 is 24.2 Å². The average Bonchev–Trinajstić information content (AvgIpc) is 3.01. The normalized spacial score (nSPS) is 15.2. The summed E-state index contributed by atoms with van der Waals surface area (Å²) in [5.74, 6) is -0.706. The smallest absolute Gasteiger partial charge is 0.342 e. The number of aromatic hydroxyl groups is 1. The lowest BCUT2D eigenvalue weighted by Gasteiger charge is -2.17. The molecule has 0 radical (unpaired) electrons. The Balaban J connectivity index is 1.64. The summed E-state index contributed by atoms with van der Waals surface area (Å²) in [6.45, 7) is 1.65. The van der Waals surface area contributed by atoms with Crippen molar-refractivity contribution in [1.82, 2.24) is 0 Å². The first-order valence-electron chi connectivity index (χ1n) is 8.81. The van der Waals surface area contributed by atoms with Gasteiger partial charge in [-0.25, -0.2) is 4.79 Å². The van der Waals surface area contributed by atoms with E-state index < -0.39 is 18.5 Å². The molecule has 2 N–H and O–H groups in total. The van der Waals surface area contributed by atoms with E-state index in [4.69, 9.17) is 9.47 Å². The van der Waals surface area contributed by atoms with E-state index in [-0.39, 0.29) is 11.3 Å². The van der Waals surface area contributed by atoms with Gasteiger partial charge in [-0.15, -0.1) is 11.3 Å². The number of esters is 1. The number of nitrogens with one attached hydrogen (secondary N) is 1. The van der Waals surface area contributed by atoms with Gasteiger partial charge in [-0.3, -0.25) is 4.79 Å². The number of nitrogens with zero attached hydrogens (tertiary/aromatic N) is 1. The number of nitriles is 1. The van der Waals surface area contributed by atoms with Crippen molar-refractivity contribution in [2.45, 2.75) is 26.2 Å². The van der Waals surface area contributed by atoms with Crippen LogP contribution in [0.2, 0.25) is 0 Å². The van der Waals surface area contributed by atoms with Crippen molar-refractivity contribution in [1.29, 1.82) is 5.26 Å². The fourth-order valence-corrected chi connectivity index (χ4v) is 4.52. The molecule has 1 aliphatic carbocycles. The summed E-state index contributed by atoms with van der Waals surface area (Å²) in [7, 11) is 1.44. The van der Waals surface area contributed by atoms with E-state index in [9.17, 15) is 20.0 Å². The van der Waals surface area contributed by atoms with Crippen LogP contribution in [0.15, 0.2) is 18.2 Å². The van der Waals surface area contributed by atoms with E-state index in [1.54, 1.807) is 0 Å². The van der Waals surface area contributed by atoms with E-state index in [2.05, 4.69) is 18.3 Å². The molecule has 146 valence electrons.